The number of aryl methyl sites for hydroxylation is 1. The standard InChI is InChI=1S/C14H14F3N3O3S/c1-9-18-19-13(23-9)10-5-6-20(8-10)24(21,22)12-4-2-3-11(7-12)14(15,16)17/h2-4,7,10H,5-6,8H2,1H3/t10-/m0/s1. The highest BCUT2D eigenvalue weighted by Crippen LogP contribution is 2.33. The molecule has 10 heteroatoms. The van der Waals surface area contributed by atoms with Gasteiger partial charge in [-0.05, 0) is 24.6 Å². The van der Waals surface area contributed by atoms with Gasteiger partial charge >= 0.3 is 6.18 Å². The monoisotopic (exact) mass is 361 g/mol. The topological polar surface area (TPSA) is 76.3 Å². The SMILES string of the molecule is Cc1nnc([C@H]2CCN(S(=O)(=O)c3cccc(C(F)(F)F)c3)C2)o1. The van der Waals surface area contributed by atoms with Gasteiger partial charge in [-0.15, -0.1) is 10.2 Å². The smallest absolute Gasteiger partial charge is 0.416 e. The molecule has 1 aliphatic rings. The minimum absolute atomic E-state index is 0.0974. The molecule has 0 N–H and O–H groups in total. The summed E-state index contributed by atoms with van der Waals surface area (Å²) in [6.07, 6.45) is -4.12. The zero-order valence-corrected chi connectivity index (χ0v) is 13.4. The molecule has 6 nitrogen and oxygen atoms in total. The summed E-state index contributed by atoms with van der Waals surface area (Å²) in [5.74, 6) is 0.463. The molecule has 3 rings (SSSR count). The maximum Gasteiger partial charge on any atom is 0.416 e. The summed E-state index contributed by atoms with van der Waals surface area (Å²) in [5.41, 5.74) is -0.994. The van der Waals surface area contributed by atoms with Crippen molar-refractivity contribution in [3.63, 3.8) is 0 Å². The maximum atomic E-state index is 12.8. The second kappa shape index (κ2) is 5.85. The minimum Gasteiger partial charge on any atom is -0.425 e. The lowest BCUT2D eigenvalue weighted by atomic mass is 10.1. The summed E-state index contributed by atoms with van der Waals surface area (Å²) in [5, 5.41) is 7.58. The quantitative estimate of drug-likeness (QED) is 0.840. The fourth-order valence-corrected chi connectivity index (χ4v) is 4.15. The van der Waals surface area contributed by atoms with Gasteiger partial charge in [0.25, 0.3) is 0 Å². The van der Waals surface area contributed by atoms with E-state index < -0.39 is 21.8 Å². The third-order valence-corrected chi connectivity index (χ3v) is 5.70. The molecule has 1 fully saturated rings. The van der Waals surface area contributed by atoms with Crippen molar-refractivity contribution >= 4 is 10.0 Å². The van der Waals surface area contributed by atoms with E-state index in [0.717, 1.165) is 22.5 Å². The summed E-state index contributed by atoms with van der Waals surface area (Å²) in [6.45, 7) is 1.91. The second-order valence-electron chi connectivity index (χ2n) is 5.53. The largest absolute Gasteiger partial charge is 0.425 e. The lowest BCUT2D eigenvalue weighted by Gasteiger charge is -2.17. The fraction of sp³-hybridized carbons (Fsp3) is 0.429. The average molecular weight is 361 g/mol. The first-order valence-corrected chi connectivity index (χ1v) is 8.59. The van der Waals surface area contributed by atoms with Crippen molar-refractivity contribution in [2.24, 2.45) is 0 Å². The van der Waals surface area contributed by atoms with Gasteiger partial charge in [-0.3, -0.25) is 0 Å². The number of hydrogen-bond donors (Lipinski definition) is 0. The van der Waals surface area contributed by atoms with Gasteiger partial charge in [-0.25, -0.2) is 8.42 Å². The van der Waals surface area contributed by atoms with Crippen LogP contribution in [0.15, 0.2) is 33.6 Å². The molecule has 1 saturated heterocycles. The summed E-state index contributed by atoms with van der Waals surface area (Å²) < 4.78 is 70.0. The normalized spacial score (nSPS) is 19.8. The molecule has 0 unspecified atom stereocenters. The first-order chi connectivity index (χ1) is 11.2. The van der Waals surface area contributed by atoms with Crippen LogP contribution in [0, 0.1) is 6.92 Å². The van der Waals surface area contributed by atoms with Gasteiger partial charge < -0.3 is 4.42 Å². The number of aromatic nitrogens is 2. The van der Waals surface area contributed by atoms with E-state index in [0.29, 0.717) is 24.3 Å². The molecule has 0 radical (unpaired) electrons. The molecule has 1 aromatic heterocycles. The molecule has 1 atom stereocenters. The number of benzene rings is 1. The molecule has 1 aliphatic heterocycles. The summed E-state index contributed by atoms with van der Waals surface area (Å²) in [7, 11) is -4.01. The van der Waals surface area contributed by atoms with Gasteiger partial charge in [0.05, 0.1) is 16.4 Å². The number of halogens is 3. The molecule has 2 heterocycles. The summed E-state index contributed by atoms with van der Waals surface area (Å²) >= 11 is 0. The third-order valence-electron chi connectivity index (χ3n) is 3.84. The minimum atomic E-state index is -4.60. The van der Waals surface area contributed by atoms with Crippen molar-refractivity contribution in [3.05, 3.63) is 41.6 Å². The average Bonchev–Trinajstić information content (AvgIpc) is 3.15. The van der Waals surface area contributed by atoms with Gasteiger partial charge in [-0.2, -0.15) is 17.5 Å². The van der Waals surface area contributed by atoms with Crippen LogP contribution in [0.5, 0.6) is 0 Å². The number of rotatable bonds is 3. The lowest BCUT2D eigenvalue weighted by Crippen LogP contribution is -2.29. The van der Waals surface area contributed by atoms with E-state index in [1.807, 2.05) is 0 Å². The van der Waals surface area contributed by atoms with Crippen LogP contribution < -0.4 is 0 Å². The van der Waals surface area contributed by atoms with E-state index in [1.54, 1.807) is 6.92 Å². The lowest BCUT2D eigenvalue weighted by molar-refractivity contribution is -0.137. The number of hydrogen-bond acceptors (Lipinski definition) is 5. The first-order valence-electron chi connectivity index (χ1n) is 7.15. The molecular weight excluding hydrogens is 347 g/mol. The molecule has 0 bridgehead atoms. The van der Waals surface area contributed by atoms with Gasteiger partial charge in [0.1, 0.15) is 0 Å². The van der Waals surface area contributed by atoms with Crippen LogP contribution in [0.2, 0.25) is 0 Å². The molecular formula is C14H14F3N3O3S. The molecule has 1 aromatic carbocycles. The Morgan fingerprint density at radius 2 is 2.04 bits per heavy atom. The van der Waals surface area contributed by atoms with Crippen molar-refractivity contribution in [1.82, 2.24) is 14.5 Å². The van der Waals surface area contributed by atoms with Crippen molar-refractivity contribution in [3.8, 4) is 0 Å². The maximum absolute atomic E-state index is 12.8. The van der Waals surface area contributed by atoms with Gasteiger partial charge in [-0.1, -0.05) is 6.07 Å². The van der Waals surface area contributed by atoms with E-state index in [-0.39, 0.29) is 23.9 Å². The van der Waals surface area contributed by atoms with E-state index in [4.69, 9.17) is 4.42 Å². The van der Waals surface area contributed by atoms with Crippen molar-refractivity contribution in [2.75, 3.05) is 13.1 Å². The van der Waals surface area contributed by atoms with Crippen LogP contribution in [-0.2, 0) is 16.2 Å². The van der Waals surface area contributed by atoms with E-state index in [1.165, 1.54) is 0 Å². The molecule has 130 valence electrons. The van der Waals surface area contributed by atoms with E-state index in [9.17, 15) is 21.6 Å². The van der Waals surface area contributed by atoms with E-state index in [2.05, 4.69) is 10.2 Å². The zero-order valence-electron chi connectivity index (χ0n) is 12.6. The zero-order chi connectivity index (χ0) is 17.5. The molecule has 24 heavy (non-hydrogen) atoms. The Balaban J connectivity index is 1.84. The highest BCUT2D eigenvalue weighted by Gasteiger charge is 2.37. The Kier molecular flexibility index (Phi) is 4.12. The Hall–Kier alpha value is -1.94. The number of alkyl halides is 3. The highest BCUT2D eigenvalue weighted by atomic mass is 32.2. The van der Waals surface area contributed by atoms with Crippen LogP contribution in [0.25, 0.3) is 0 Å². The summed E-state index contributed by atoms with van der Waals surface area (Å²) in [4.78, 5) is -0.375. The molecule has 0 amide bonds. The van der Waals surface area contributed by atoms with Crippen LogP contribution >= 0.6 is 0 Å². The Morgan fingerprint density at radius 1 is 1.29 bits per heavy atom. The molecule has 2 aromatic rings. The number of sulfonamides is 1. The Labute approximate surface area is 136 Å². The van der Waals surface area contributed by atoms with Crippen LogP contribution in [0.1, 0.15) is 29.7 Å². The Bertz CT molecular complexity index is 848. The van der Waals surface area contributed by atoms with Crippen molar-refractivity contribution < 1.29 is 26.0 Å². The first kappa shape index (κ1) is 16.9. The Morgan fingerprint density at radius 3 is 2.67 bits per heavy atom. The van der Waals surface area contributed by atoms with Crippen LogP contribution in [0.3, 0.4) is 0 Å². The van der Waals surface area contributed by atoms with Crippen LogP contribution in [-0.4, -0.2) is 36.0 Å². The molecule has 0 spiro atoms. The van der Waals surface area contributed by atoms with Crippen molar-refractivity contribution in [2.45, 2.75) is 30.3 Å². The van der Waals surface area contributed by atoms with Crippen LogP contribution in [0.4, 0.5) is 13.2 Å². The van der Waals surface area contributed by atoms with Gasteiger partial charge in [0.2, 0.25) is 21.8 Å². The predicted molar refractivity (Wildman–Crippen MR) is 76.6 cm³/mol. The molecule has 0 saturated carbocycles. The fourth-order valence-electron chi connectivity index (χ4n) is 2.61. The third kappa shape index (κ3) is 3.16. The molecule has 0 aliphatic carbocycles. The van der Waals surface area contributed by atoms with Crippen molar-refractivity contribution in [1.29, 1.82) is 0 Å². The predicted octanol–water partition coefficient (Wildman–Crippen LogP) is 2.58. The van der Waals surface area contributed by atoms with E-state index >= 15 is 0 Å². The van der Waals surface area contributed by atoms with Gasteiger partial charge in [0, 0.05) is 20.0 Å². The van der Waals surface area contributed by atoms with Gasteiger partial charge in [0.15, 0.2) is 0 Å². The summed E-state index contributed by atoms with van der Waals surface area (Å²) in [6, 6.07) is 3.74. The number of nitrogens with zero attached hydrogens (tertiary/aromatic N) is 3. The second-order valence-corrected chi connectivity index (χ2v) is 7.47. The highest BCUT2D eigenvalue weighted by molar-refractivity contribution is 7.89.